The number of esters is 4. The molecular weight excluding hydrogens is 456 g/mol. The van der Waals surface area contributed by atoms with Crippen LogP contribution in [0.1, 0.15) is 45.0 Å². The van der Waals surface area contributed by atoms with Crippen molar-refractivity contribution in [1.29, 1.82) is 0 Å². The van der Waals surface area contributed by atoms with Gasteiger partial charge in [-0.3, -0.25) is 24.0 Å². The molecule has 12 nitrogen and oxygen atoms in total. The van der Waals surface area contributed by atoms with E-state index in [1.807, 2.05) is 0 Å². The minimum absolute atomic E-state index is 0.117. The molecule has 1 aliphatic heterocycles. The van der Waals surface area contributed by atoms with Gasteiger partial charge in [0.1, 0.15) is 29.8 Å². The van der Waals surface area contributed by atoms with Gasteiger partial charge >= 0.3 is 23.9 Å². The van der Waals surface area contributed by atoms with Gasteiger partial charge in [0.15, 0.2) is 18.0 Å². The van der Waals surface area contributed by atoms with Gasteiger partial charge in [-0.15, -0.1) is 0 Å². The number of phenolic OH excluding ortho intramolecular Hbond substituents is 1. The Hall–Kier alpha value is -3.67. The van der Waals surface area contributed by atoms with Crippen LogP contribution in [0.15, 0.2) is 18.2 Å². The number of rotatable bonds is 8. The quantitative estimate of drug-likeness (QED) is 0.319. The Kier molecular flexibility index (Phi) is 8.96. The van der Waals surface area contributed by atoms with E-state index in [9.17, 15) is 29.1 Å². The summed E-state index contributed by atoms with van der Waals surface area (Å²) in [6, 6.07) is 4.05. The lowest BCUT2D eigenvalue weighted by atomic mass is 9.98. The third kappa shape index (κ3) is 6.91. The number of Topliss-reactive ketones (excluding diaryl/α,β-unsaturated/α-hetero) is 1. The fourth-order valence-electron chi connectivity index (χ4n) is 3.38. The van der Waals surface area contributed by atoms with Gasteiger partial charge in [-0.25, -0.2) is 0 Å². The Balaban J connectivity index is 2.55. The molecule has 2 rings (SSSR count). The molecule has 1 aromatic rings. The van der Waals surface area contributed by atoms with Gasteiger partial charge < -0.3 is 33.5 Å². The van der Waals surface area contributed by atoms with Crippen LogP contribution in [0.5, 0.6) is 11.5 Å². The average Bonchev–Trinajstić information content (AvgIpc) is 2.69. The standard InChI is InChI=1S/C22H26O12/c1-10(23)18-15(28)7-6-8-16(18)33-22-21(32-14(5)27)20(31-13(4)26)19(30-12(3)25)17(34-22)9-29-11(2)24/h6-8,17,19-22,28H,9H2,1-5H3/t17?,19-,20+,21-,22+/m1/s1. The zero-order chi connectivity index (χ0) is 25.6. The van der Waals surface area contributed by atoms with Gasteiger partial charge in [0.05, 0.1) is 0 Å². The zero-order valence-corrected chi connectivity index (χ0v) is 19.3. The number of carbonyl (C=O) groups is 5. The third-order valence-corrected chi connectivity index (χ3v) is 4.55. The van der Waals surface area contributed by atoms with Crippen molar-refractivity contribution in [2.75, 3.05) is 6.61 Å². The van der Waals surface area contributed by atoms with Gasteiger partial charge in [0.2, 0.25) is 12.4 Å². The number of phenols is 1. The van der Waals surface area contributed by atoms with Crippen molar-refractivity contribution >= 4 is 29.7 Å². The van der Waals surface area contributed by atoms with E-state index >= 15 is 0 Å². The number of hydrogen-bond acceptors (Lipinski definition) is 12. The van der Waals surface area contributed by atoms with E-state index in [0.717, 1.165) is 27.7 Å². The molecule has 0 amide bonds. The largest absolute Gasteiger partial charge is 0.507 e. The summed E-state index contributed by atoms with van der Waals surface area (Å²) in [6.45, 7) is 5.19. The third-order valence-electron chi connectivity index (χ3n) is 4.55. The molecule has 0 aliphatic carbocycles. The maximum atomic E-state index is 12.1. The fourth-order valence-corrected chi connectivity index (χ4v) is 3.38. The van der Waals surface area contributed by atoms with Gasteiger partial charge in [0, 0.05) is 27.7 Å². The molecule has 5 atom stereocenters. The summed E-state index contributed by atoms with van der Waals surface area (Å²) in [7, 11) is 0. The molecule has 0 aromatic heterocycles. The maximum Gasteiger partial charge on any atom is 0.303 e. The zero-order valence-electron chi connectivity index (χ0n) is 19.3. The predicted octanol–water partition coefficient (Wildman–Crippen LogP) is 1.06. The van der Waals surface area contributed by atoms with Crippen molar-refractivity contribution in [1.82, 2.24) is 0 Å². The van der Waals surface area contributed by atoms with E-state index in [1.165, 1.54) is 25.1 Å². The van der Waals surface area contributed by atoms with Crippen molar-refractivity contribution in [2.45, 2.75) is 65.3 Å². The molecule has 0 spiro atoms. The minimum Gasteiger partial charge on any atom is -0.507 e. The minimum atomic E-state index is -1.53. The van der Waals surface area contributed by atoms with Crippen molar-refractivity contribution < 1.29 is 57.5 Å². The summed E-state index contributed by atoms with van der Waals surface area (Å²) in [6.07, 6.45) is -6.99. The molecule has 1 aliphatic rings. The van der Waals surface area contributed by atoms with Crippen molar-refractivity contribution in [3.05, 3.63) is 23.8 Å². The van der Waals surface area contributed by atoms with Crippen LogP contribution in [0, 0.1) is 0 Å². The molecule has 186 valence electrons. The monoisotopic (exact) mass is 482 g/mol. The molecule has 0 saturated carbocycles. The SMILES string of the molecule is CC(=O)OCC1O[C@H](Oc2cccc(O)c2C(C)=O)[C@H](OC(C)=O)[C@@H](OC(C)=O)[C@@H]1OC(C)=O. The van der Waals surface area contributed by atoms with Crippen LogP contribution in [0.2, 0.25) is 0 Å². The first-order chi connectivity index (χ1) is 15.9. The van der Waals surface area contributed by atoms with Gasteiger partial charge in [0.25, 0.3) is 0 Å². The molecule has 1 aromatic carbocycles. The van der Waals surface area contributed by atoms with E-state index in [0.29, 0.717) is 0 Å². The summed E-state index contributed by atoms with van der Waals surface area (Å²) in [4.78, 5) is 58.9. The van der Waals surface area contributed by atoms with Crippen LogP contribution in [-0.4, -0.2) is 72.1 Å². The molecule has 0 radical (unpaired) electrons. The van der Waals surface area contributed by atoms with Crippen LogP contribution >= 0.6 is 0 Å². The Labute approximate surface area is 195 Å². The summed E-state index contributed by atoms with van der Waals surface area (Å²) in [5.74, 6) is -4.05. The second-order valence-corrected chi connectivity index (χ2v) is 7.39. The Bertz CT molecular complexity index is 955. The van der Waals surface area contributed by atoms with E-state index in [-0.39, 0.29) is 17.1 Å². The number of ether oxygens (including phenoxy) is 6. The van der Waals surface area contributed by atoms with E-state index in [2.05, 4.69) is 0 Å². The van der Waals surface area contributed by atoms with Crippen LogP contribution in [0.3, 0.4) is 0 Å². The first kappa shape index (κ1) is 26.6. The highest BCUT2D eigenvalue weighted by atomic mass is 16.7. The molecule has 0 bridgehead atoms. The topological polar surface area (TPSA) is 161 Å². The normalized spacial score (nSPS) is 23.9. The lowest BCUT2D eigenvalue weighted by molar-refractivity contribution is -0.288. The molecular formula is C22H26O12. The number of aromatic hydroxyl groups is 1. The van der Waals surface area contributed by atoms with E-state index < -0.39 is 67.0 Å². The maximum absolute atomic E-state index is 12.1. The molecule has 1 heterocycles. The number of benzene rings is 1. The second-order valence-electron chi connectivity index (χ2n) is 7.39. The van der Waals surface area contributed by atoms with Gasteiger partial charge in [-0.05, 0) is 19.1 Å². The highest BCUT2D eigenvalue weighted by Crippen LogP contribution is 2.34. The van der Waals surface area contributed by atoms with Crippen LogP contribution in [0.25, 0.3) is 0 Å². The smallest absolute Gasteiger partial charge is 0.303 e. The van der Waals surface area contributed by atoms with Gasteiger partial charge in [-0.1, -0.05) is 6.07 Å². The number of hydrogen-bond donors (Lipinski definition) is 1. The van der Waals surface area contributed by atoms with Crippen molar-refractivity contribution in [2.24, 2.45) is 0 Å². The van der Waals surface area contributed by atoms with Crippen LogP contribution in [-0.2, 0) is 42.9 Å². The summed E-state index contributed by atoms with van der Waals surface area (Å²) < 4.78 is 32.5. The first-order valence-electron chi connectivity index (χ1n) is 10.2. The van der Waals surface area contributed by atoms with Crippen molar-refractivity contribution in [3.63, 3.8) is 0 Å². The van der Waals surface area contributed by atoms with E-state index in [4.69, 9.17) is 28.4 Å². The fraction of sp³-hybridized carbons (Fsp3) is 0.500. The van der Waals surface area contributed by atoms with Crippen molar-refractivity contribution in [3.8, 4) is 11.5 Å². The molecule has 1 fully saturated rings. The van der Waals surface area contributed by atoms with Crippen LogP contribution < -0.4 is 4.74 Å². The Morgan fingerprint density at radius 2 is 1.38 bits per heavy atom. The molecule has 12 heteroatoms. The second kappa shape index (κ2) is 11.5. The number of carbonyl (C=O) groups excluding carboxylic acids is 5. The average molecular weight is 482 g/mol. The molecule has 1 N–H and O–H groups in total. The first-order valence-corrected chi connectivity index (χ1v) is 10.2. The number of ketones is 1. The van der Waals surface area contributed by atoms with Crippen LogP contribution in [0.4, 0.5) is 0 Å². The Morgan fingerprint density at radius 1 is 0.824 bits per heavy atom. The van der Waals surface area contributed by atoms with Gasteiger partial charge in [-0.2, -0.15) is 0 Å². The summed E-state index contributed by atoms with van der Waals surface area (Å²) in [5, 5.41) is 10.1. The molecule has 1 unspecified atom stereocenters. The molecule has 34 heavy (non-hydrogen) atoms. The predicted molar refractivity (Wildman–Crippen MR) is 111 cm³/mol. The summed E-state index contributed by atoms with van der Waals surface area (Å²) >= 11 is 0. The summed E-state index contributed by atoms with van der Waals surface area (Å²) in [5.41, 5.74) is -0.171. The highest BCUT2D eigenvalue weighted by molar-refractivity contribution is 5.99. The Morgan fingerprint density at radius 3 is 1.91 bits per heavy atom. The van der Waals surface area contributed by atoms with E-state index in [1.54, 1.807) is 0 Å². The lowest BCUT2D eigenvalue weighted by Gasteiger charge is -2.44. The highest BCUT2D eigenvalue weighted by Gasteiger charge is 2.53. The lowest BCUT2D eigenvalue weighted by Crippen LogP contribution is -2.63. The molecule has 1 saturated heterocycles.